The number of carbonyl (C=O) groups excluding carboxylic acids is 3. The molecule has 1 fully saturated rings. The maximum absolute atomic E-state index is 12.1. The highest BCUT2D eigenvalue weighted by atomic mass is 79.9. The third-order valence-corrected chi connectivity index (χ3v) is 4.56. The van der Waals surface area contributed by atoms with E-state index in [1.807, 2.05) is 31.2 Å². The normalized spacial score (nSPS) is 16.3. The van der Waals surface area contributed by atoms with E-state index in [1.54, 1.807) is 0 Å². The zero-order chi connectivity index (χ0) is 20.4. The number of likely N-dealkylation sites (tertiary alicyclic amines) is 1. The lowest BCUT2D eigenvalue weighted by Gasteiger charge is -2.29. The third-order valence-electron chi connectivity index (χ3n) is 4.03. The summed E-state index contributed by atoms with van der Waals surface area (Å²) >= 11 is 3.40. The van der Waals surface area contributed by atoms with Gasteiger partial charge in [-0.15, -0.1) is 0 Å². The van der Waals surface area contributed by atoms with E-state index in [1.165, 1.54) is 0 Å². The second kappa shape index (κ2) is 11.5. The van der Waals surface area contributed by atoms with Gasteiger partial charge in [-0.1, -0.05) is 28.1 Å². The number of benzene rings is 1. The molecule has 1 saturated heterocycles. The van der Waals surface area contributed by atoms with Crippen LogP contribution in [0.25, 0.3) is 0 Å². The van der Waals surface area contributed by atoms with Gasteiger partial charge in [-0.05, 0) is 56.7 Å². The summed E-state index contributed by atoms with van der Waals surface area (Å²) in [4.78, 5) is 33.2. The molecule has 1 aromatic carbocycles. The molecule has 0 amide bonds. The maximum atomic E-state index is 12.1. The molecule has 1 unspecified atom stereocenters. The molecule has 148 valence electrons. The van der Waals surface area contributed by atoms with Crippen molar-refractivity contribution in [3.63, 3.8) is 0 Å². The summed E-state index contributed by atoms with van der Waals surface area (Å²) in [6.45, 7) is 3.91. The lowest BCUT2D eigenvalue weighted by atomic mass is 10.0. The molecule has 27 heavy (non-hydrogen) atoms. The first kappa shape index (κ1) is 22.9. The first-order valence-electron chi connectivity index (χ1n) is 8.43. The van der Waals surface area contributed by atoms with Crippen LogP contribution >= 0.6 is 15.9 Å². The van der Waals surface area contributed by atoms with Crippen LogP contribution in [0.5, 0.6) is 0 Å². The Morgan fingerprint density at radius 3 is 2.04 bits per heavy atom. The van der Waals surface area contributed by atoms with Crippen LogP contribution in [0.2, 0.25) is 0 Å². The molecule has 8 heteroatoms. The Hall–Kier alpha value is -2.19. The molecule has 0 aliphatic carbocycles. The van der Waals surface area contributed by atoms with Gasteiger partial charge in [0.05, 0.1) is 17.9 Å². The Labute approximate surface area is 166 Å². The number of esters is 1. The van der Waals surface area contributed by atoms with Crippen LogP contribution in [0, 0.1) is 0 Å². The van der Waals surface area contributed by atoms with Crippen LogP contribution in [0.1, 0.15) is 31.2 Å². The first-order valence-corrected chi connectivity index (χ1v) is 9.23. The molecule has 0 saturated carbocycles. The summed E-state index contributed by atoms with van der Waals surface area (Å²) < 4.78 is 6.63. The largest absolute Gasteiger partial charge is 0.545 e. The number of piperidine rings is 1. The van der Waals surface area contributed by atoms with Crippen molar-refractivity contribution in [1.82, 2.24) is 4.90 Å². The number of aliphatic carboxylic acids is 2. The SMILES string of the molecule is CC(C(=O)OC1CCN(C)CC1)c1ccc(Br)cc1.O=C([O-])/C=C\C(=O)[O-]. The summed E-state index contributed by atoms with van der Waals surface area (Å²) in [5, 5.41) is 18.8. The molecule has 1 aliphatic rings. The molecule has 0 spiro atoms. The van der Waals surface area contributed by atoms with Crippen molar-refractivity contribution in [1.29, 1.82) is 0 Å². The van der Waals surface area contributed by atoms with Gasteiger partial charge in [0.1, 0.15) is 6.10 Å². The number of hydrogen-bond acceptors (Lipinski definition) is 7. The molecule has 1 atom stereocenters. The van der Waals surface area contributed by atoms with Crippen molar-refractivity contribution >= 4 is 33.8 Å². The van der Waals surface area contributed by atoms with E-state index >= 15 is 0 Å². The highest BCUT2D eigenvalue weighted by molar-refractivity contribution is 9.10. The zero-order valence-electron chi connectivity index (χ0n) is 15.2. The van der Waals surface area contributed by atoms with Crippen molar-refractivity contribution in [3.05, 3.63) is 46.5 Å². The van der Waals surface area contributed by atoms with E-state index in [0.717, 1.165) is 36.0 Å². The molecule has 1 aliphatic heterocycles. The lowest BCUT2D eigenvalue weighted by molar-refractivity contribution is -0.301. The highest BCUT2D eigenvalue weighted by Gasteiger charge is 2.24. The minimum atomic E-state index is -1.55. The van der Waals surface area contributed by atoms with Crippen LogP contribution in [0.4, 0.5) is 0 Å². The topological polar surface area (TPSA) is 110 Å². The Balaban J connectivity index is 0.000000387. The van der Waals surface area contributed by atoms with Crippen molar-refractivity contribution in [2.75, 3.05) is 20.1 Å². The fourth-order valence-electron chi connectivity index (χ4n) is 2.39. The van der Waals surface area contributed by atoms with Crippen LogP contribution in [-0.4, -0.2) is 49.0 Å². The fourth-order valence-corrected chi connectivity index (χ4v) is 2.66. The van der Waals surface area contributed by atoms with Crippen LogP contribution in [0.15, 0.2) is 40.9 Å². The number of rotatable bonds is 5. The molecular weight excluding hydrogens is 418 g/mol. The quantitative estimate of drug-likeness (QED) is 0.476. The van der Waals surface area contributed by atoms with E-state index < -0.39 is 11.9 Å². The number of carbonyl (C=O) groups is 3. The number of nitrogens with zero attached hydrogens (tertiary/aromatic N) is 1. The summed E-state index contributed by atoms with van der Waals surface area (Å²) in [7, 11) is 2.10. The number of hydrogen-bond donors (Lipinski definition) is 0. The molecule has 0 N–H and O–H groups in total. The number of carboxylic acid groups (broad SMARTS) is 2. The second-order valence-corrected chi connectivity index (χ2v) is 7.10. The van der Waals surface area contributed by atoms with E-state index in [2.05, 4.69) is 27.9 Å². The Morgan fingerprint density at radius 1 is 1.11 bits per heavy atom. The van der Waals surface area contributed by atoms with Gasteiger partial charge in [0, 0.05) is 17.6 Å². The van der Waals surface area contributed by atoms with Gasteiger partial charge in [0.25, 0.3) is 0 Å². The Bertz CT molecular complexity index is 649. The first-order chi connectivity index (χ1) is 12.7. The second-order valence-electron chi connectivity index (χ2n) is 6.18. The Kier molecular flexibility index (Phi) is 9.74. The van der Waals surface area contributed by atoms with Gasteiger partial charge in [0.2, 0.25) is 0 Å². The van der Waals surface area contributed by atoms with Gasteiger partial charge < -0.3 is 29.4 Å². The van der Waals surface area contributed by atoms with Crippen molar-refractivity contribution in [2.45, 2.75) is 31.8 Å². The molecule has 0 aromatic heterocycles. The average molecular weight is 440 g/mol. The van der Waals surface area contributed by atoms with E-state index in [9.17, 15) is 24.6 Å². The number of halogens is 1. The van der Waals surface area contributed by atoms with Gasteiger partial charge in [0.15, 0.2) is 0 Å². The molecular formula is C19H22BrNO6-2. The number of carboxylic acids is 2. The van der Waals surface area contributed by atoms with Crippen LogP contribution < -0.4 is 10.2 Å². The van der Waals surface area contributed by atoms with Crippen LogP contribution in [-0.2, 0) is 19.1 Å². The average Bonchev–Trinajstić information content (AvgIpc) is 2.62. The van der Waals surface area contributed by atoms with E-state index in [4.69, 9.17) is 4.74 Å². The summed E-state index contributed by atoms with van der Waals surface area (Å²) in [6.07, 6.45) is 2.73. The van der Waals surface area contributed by atoms with Gasteiger partial charge in [-0.3, -0.25) is 4.79 Å². The smallest absolute Gasteiger partial charge is 0.313 e. The summed E-state index contributed by atoms with van der Waals surface area (Å²) in [5.74, 6) is -3.41. The minimum Gasteiger partial charge on any atom is -0.545 e. The monoisotopic (exact) mass is 439 g/mol. The third kappa shape index (κ3) is 9.35. The number of ether oxygens (including phenoxy) is 1. The molecule has 7 nitrogen and oxygen atoms in total. The molecule has 1 heterocycles. The van der Waals surface area contributed by atoms with E-state index in [-0.39, 0.29) is 18.0 Å². The van der Waals surface area contributed by atoms with Gasteiger partial charge in [-0.25, -0.2) is 0 Å². The minimum absolute atomic E-state index is 0.0848. The molecule has 0 bridgehead atoms. The van der Waals surface area contributed by atoms with Crippen molar-refractivity contribution in [3.8, 4) is 0 Å². The van der Waals surface area contributed by atoms with Crippen molar-refractivity contribution < 1.29 is 29.3 Å². The summed E-state index contributed by atoms with van der Waals surface area (Å²) in [6, 6.07) is 7.83. The Morgan fingerprint density at radius 2 is 1.59 bits per heavy atom. The van der Waals surface area contributed by atoms with E-state index in [0.29, 0.717) is 12.2 Å². The summed E-state index contributed by atoms with van der Waals surface area (Å²) in [5.41, 5.74) is 1.00. The predicted molar refractivity (Wildman–Crippen MR) is 98.3 cm³/mol. The standard InChI is InChI=1S/C15H20BrNO2.C4H4O4/c1-11(12-3-5-13(16)6-4-12)15(18)19-14-7-9-17(2)10-8-14;5-3(6)1-2-4(7)8/h3-6,11,14H,7-10H2,1-2H3;1-2H,(H,5,6)(H,7,8)/p-2/b;2-1-. The zero-order valence-corrected chi connectivity index (χ0v) is 16.8. The molecule has 0 radical (unpaired) electrons. The molecule has 2 rings (SSSR count). The maximum Gasteiger partial charge on any atom is 0.313 e. The van der Waals surface area contributed by atoms with Gasteiger partial charge in [-0.2, -0.15) is 0 Å². The molecule has 1 aromatic rings. The predicted octanol–water partition coefficient (Wildman–Crippen LogP) is 0.232. The lowest BCUT2D eigenvalue weighted by Crippen LogP contribution is -2.35. The van der Waals surface area contributed by atoms with Crippen molar-refractivity contribution in [2.24, 2.45) is 0 Å². The fraction of sp³-hybridized carbons (Fsp3) is 0.421. The van der Waals surface area contributed by atoms with Gasteiger partial charge >= 0.3 is 5.97 Å². The van der Waals surface area contributed by atoms with Crippen LogP contribution in [0.3, 0.4) is 0 Å². The highest BCUT2D eigenvalue weighted by Crippen LogP contribution is 2.22.